The van der Waals surface area contributed by atoms with Crippen LogP contribution in [0.5, 0.6) is 0 Å². The molecule has 3 aromatic carbocycles. The number of nitrogens with zero attached hydrogens (tertiary/aromatic N) is 2. The van der Waals surface area contributed by atoms with E-state index in [1.165, 1.54) is 16.0 Å². The van der Waals surface area contributed by atoms with E-state index in [1.807, 2.05) is 47.9 Å². The summed E-state index contributed by atoms with van der Waals surface area (Å²) in [5.41, 5.74) is 16.7. The van der Waals surface area contributed by atoms with E-state index in [2.05, 4.69) is 63.2 Å². The number of hydrogen-bond acceptors (Lipinski definition) is 5. The third-order valence-electron chi connectivity index (χ3n) is 7.76. The number of carbonyl (C=O) groups excluding carboxylic acids is 1. The van der Waals surface area contributed by atoms with Gasteiger partial charge in [-0.15, -0.1) is 11.8 Å². The molecule has 0 radical (unpaired) electrons. The van der Waals surface area contributed by atoms with Crippen LogP contribution in [0.15, 0.2) is 88.2 Å². The molecule has 0 bridgehead atoms. The number of aryl methyl sites for hydroxylation is 3. The average Bonchev–Trinajstić information content (AvgIpc) is 2.90. The molecule has 0 spiro atoms. The molecule has 0 aromatic heterocycles. The van der Waals surface area contributed by atoms with E-state index in [0.717, 1.165) is 57.8 Å². The highest BCUT2D eigenvalue weighted by molar-refractivity contribution is 7.98. The molecule has 2 aliphatic rings. The fraction of sp³-hybridized carbons (Fsp3) is 0.273. The molecular formula is C33H33N3OS. The van der Waals surface area contributed by atoms with Crippen molar-refractivity contribution in [2.45, 2.75) is 63.5 Å². The second kappa shape index (κ2) is 10.6. The molecule has 0 saturated heterocycles. The van der Waals surface area contributed by atoms with Gasteiger partial charge in [0.1, 0.15) is 5.82 Å². The Morgan fingerprint density at radius 1 is 1.00 bits per heavy atom. The molecule has 192 valence electrons. The van der Waals surface area contributed by atoms with E-state index in [-0.39, 0.29) is 5.78 Å². The van der Waals surface area contributed by atoms with Crippen LogP contribution in [0, 0.1) is 39.0 Å². The lowest BCUT2D eigenvalue weighted by Crippen LogP contribution is -2.39. The number of thioether (sulfide) groups is 1. The molecule has 0 amide bonds. The molecule has 0 fully saturated rings. The van der Waals surface area contributed by atoms with Crippen LogP contribution >= 0.6 is 11.8 Å². The lowest BCUT2D eigenvalue weighted by molar-refractivity contribution is -0.116. The van der Waals surface area contributed by atoms with Crippen LogP contribution in [0.1, 0.15) is 58.6 Å². The summed E-state index contributed by atoms with van der Waals surface area (Å²) in [6, 6.07) is 23.2. The van der Waals surface area contributed by atoms with E-state index in [4.69, 9.17) is 5.73 Å². The van der Waals surface area contributed by atoms with Crippen molar-refractivity contribution < 1.29 is 4.79 Å². The van der Waals surface area contributed by atoms with Gasteiger partial charge in [-0.1, -0.05) is 54.1 Å². The number of para-hydroxylation sites is 1. The van der Waals surface area contributed by atoms with E-state index in [1.54, 1.807) is 0 Å². The molecule has 1 heterocycles. The summed E-state index contributed by atoms with van der Waals surface area (Å²) in [5.74, 6) is 0.906. The van der Waals surface area contributed by atoms with Crippen molar-refractivity contribution in [3.63, 3.8) is 0 Å². The van der Waals surface area contributed by atoms with E-state index >= 15 is 0 Å². The van der Waals surface area contributed by atoms with Crippen molar-refractivity contribution in [2.24, 2.45) is 5.73 Å². The number of hydrogen-bond donors (Lipinski definition) is 1. The predicted octanol–water partition coefficient (Wildman–Crippen LogP) is 7.52. The summed E-state index contributed by atoms with van der Waals surface area (Å²) in [4.78, 5) is 16.8. The Labute approximate surface area is 229 Å². The maximum Gasteiger partial charge on any atom is 0.161 e. The predicted molar refractivity (Wildman–Crippen MR) is 156 cm³/mol. The number of nitrogens with two attached hydrogens (primary N) is 1. The minimum absolute atomic E-state index is 0.117. The second-order valence-electron chi connectivity index (χ2n) is 10.3. The van der Waals surface area contributed by atoms with Gasteiger partial charge < -0.3 is 5.73 Å². The largest absolute Gasteiger partial charge is 0.384 e. The van der Waals surface area contributed by atoms with Gasteiger partial charge >= 0.3 is 0 Å². The monoisotopic (exact) mass is 519 g/mol. The summed E-state index contributed by atoms with van der Waals surface area (Å²) in [6.45, 7) is 8.38. The number of ketones is 1. The zero-order valence-corrected chi connectivity index (χ0v) is 23.3. The number of Topliss-reactive ketones (excluding diaryl/α,β-unsaturated/α-hetero) is 1. The molecule has 0 saturated carbocycles. The molecule has 1 atom stereocenters. The first kappa shape index (κ1) is 25.9. The van der Waals surface area contributed by atoms with Gasteiger partial charge in [-0.05, 0) is 80.5 Å². The smallest absolute Gasteiger partial charge is 0.161 e. The van der Waals surface area contributed by atoms with Crippen LogP contribution in [-0.2, 0) is 10.5 Å². The molecule has 1 aliphatic heterocycles. The summed E-state index contributed by atoms with van der Waals surface area (Å²) in [7, 11) is 0. The van der Waals surface area contributed by atoms with Gasteiger partial charge in [-0.2, -0.15) is 5.26 Å². The van der Waals surface area contributed by atoms with Crippen molar-refractivity contribution in [3.8, 4) is 6.07 Å². The highest BCUT2D eigenvalue weighted by Crippen LogP contribution is 2.48. The number of benzene rings is 3. The standard InChI is InChI=1S/C33H33N3OS/c1-20-16-24(19-38-30-15-8-6-11-22(30)3)23(4)25(17-20)31-26(18-34)33(35)36(27-12-7-5-10-21(27)2)28-13-9-14-29(37)32(28)31/h5-8,10-12,15-17,31H,9,13-14,19,35H2,1-4H3. The third-order valence-corrected chi connectivity index (χ3v) is 8.98. The van der Waals surface area contributed by atoms with Crippen LogP contribution in [0.4, 0.5) is 5.69 Å². The highest BCUT2D eigenvalue weighted by Gasteiger charge is 2.41. The molecule has 5 rings (SSSR count). The minimum Gasteiger partial charge on any atom is -0.384 e. The minimum atomic E-state index is -0.454. The van der Waals surface area contributed by atoms with Crippen LogP contribution in [-0.4, -0.2) is 5.78 Å². The van der Waals surface area contributed by atoms with Crippen LogP contribution in [0.2, 0.25) is 0 Å². The van der Waals surface area contributed by atoms with Crippen molar-refractivity contribution in [1.29, 1.82) is 5.26 Å². The van der Waals surface area contributed by atoms with Crippen LogP contribution in [0.25, 0.3) is 0 Å². The maximum atomic E-state index is 13.6. The SMILES string of the molecule is Cc1cc(CSc2ccccc2C)c(C)c(C2C(C#N)=C(N)N(c3ccccc3C)C3=C2C(=O)CCC3)c1. The van der Waals surface area contributed by atoms with Gasteiger partial charge in [0.25, 0.3) is 0 Å². The Hall–Kier alpha value is -3.75. The summed E-state index contributed by atoms with van der Waals surface area (Å²) >= 11 is 1.82. The molecule has 38 heavy (non-hydrogen) atoms. The summed E-state index contributed by atoms with van der Waals surface area (Å²) in [5, 5.41) is 10.5. The fourth-order valence-corrected chi connectivity index (χ4v) is 6.86. The van der Waals surface area contributed by atoms with Gasteiger partial charge in [0.15, 0.2) is 5.78 Å². The summed E-state index contributed by atoms with van der Waals surface area (Å²) < 4.78 is 0. The Morgan fingerprint density at radius 3 is 2.42 bits per heavy atom. The lowest BCUT2D eigenvalue weighted by Gasteiger charge is -2.40. The van der Waals surface area contributed by atoms with Crippen molar-refractivity contribution in [3.05, 3.63) is 117 Å². The van der Waals surface area contributed by atoms with Crippen LogP contribution < -0.4 is 10.6 Å². The van der Waals surface area contributed by atoms with Crippen molar-refractivity contribution in [1.82, 2.24) is 0 Å². The normalized spacial score (nSPS) is 17.5. The number of allylic oxidation sites excluding steroid dienone is 3. The number of nitriles is 1. The molecule has 1 unspecified atom stereocenters. The van der Waals surface area contributed by atoms with Crippen LogP contribution in [0.3, 0.4) is 0 Å². The van der Waals surface area contributed by atoms with Gasteiger partial charge in [-0.25, -0.2) is 0 Å². The summed E-state index contributed by atoms with van der Waals surface area (Å²) in [6.07, 6.45) is 2.04. The Morgan fingerprint density at radius 2 is 1.71 bits per heavy atom. The molecule has 3 aromatic rings. The average molecular weight is 520 g/mol. The molecule has 4 nitrogen and oxygen atoms in total. The second-order valence-corrected chi connectivity index (χ2v) is 11.3. The zero-order valence-electron chi connectivity index (χ0n) is 22.5. The van der Waals surface area contributed by atoms with E-state index in [0.29, 0.717) is 17.8 Å². The number of anilines is 1. The maximum absolute atomic E-state index is 13.6. The van der Waals surface area contributed by atoms with E-state index in [9.17, 15) is 10.1 Å². The first-order chi connectivity index (χ1) is 18.3. The molecule has 1 aliphatic carbocycles. The highest BCUT2D eigenvalue weighted by atomic mass is 32.2. The first-order valence-electron chi connectivity index (χ1n) is 13.1. The van der Waals surface area contributed by atoms with Gasteiger partial charge in [0, 0.05) is 28.3 Å². The quantitative estimate of drug-likeness (QED) is 0.353. The topological polar surface area (TPSA) is 70.1 Å². The molecular weight excluding hydrogens is 486 g/mol. The van der Waals surface area contributed by atoms with Gasteiger partial charge in [-0.3, -0.25) is 9.69 Å². The molecule has 2 N–H and O–H groups in total. The lowest BCUT2D eigenvalue weighted by atomic mass is 9.73. The Balaban J connectivity index is 1.65. The zero-order chi connectivity index (χ0) is 27.0. The fourth-order valence-electron chi connectivity index (χ4n) is 5.77. The Kier molecular flexibility index (Phi) is 7.19. The van der Waals surface area contributed by atoms with Gasteiger partial charge in [0.05, 0.1) is 23.2 Å². The van der Waals surface area contributed by atoms with Crippen molar-refractivity contribution >= 4 is 23.2 Å². The van der Waals surface area contributed by atoms with Gasteiger partial charge in [0.2, 0.25) is 0 Å². The first-order valence-corrected chi connectivity index (χ1v) is 14.1. The van der Waals surface area contributed by atoms with Crippen molar-refractivity contribution in [2.75, 3.05) is 4.90 Å². The molecule has 5 heteroatoms. The Bertz CT molecular complexity index is 1540. The third kappa shape index (κ3) is 4.54. The number of carbonyl (C=O) groups is 1. The number of rotatable bonds is 5. The van der Waals surface area contributed by atoms with E-state index < -0.39 is 5.92 Å².